The molecule has 0 spiro atoms. The van der Waals surface area contributed by atoms with Crippen molar-refractivity contribution in [2.75, 3.05) is 5.43 Å². The third kappa shape index (κ3) is 3.86. The number of benzene rings is 1. The second-order valence-corrected chi connectivity index (χ2v) is 6.30. The SMILES string of the molecule is CC1CC/C(=N\Nc2ccc(CC(=O)O)cc2)c2ncc(C(=O)O)c(=O)n21. The Balaban J connectivity index is 1.87. The van der Waals surface area contributed by atoms with Gasteiger partial charge in [-0.1, -0.05) is 12.1 Å². The molecule has 0 fully saturated rings. The summed E-state index contributed by atoms with van der Waals surface area (Å²) in [6.45, 7) is 1.84. The third-order valence-electron chi connectivity index (χ3n) is 4.35. The highest BCUT2D eigenvalue weighted by Gasteiger charge is 2.26. The van der Waals surface area contributed by atoms with Crippen molar-refractivity contribution in [1.82, 2.24) is 9.55 Å². The topological polar surface area (TPSA) is 134 Å². The molecule has 1 unspecified atom stereocenters. The zero-order valence-electron chi connectivity index (χ0n) is 14.5. The van der Waals surface area contributed by atoms with Gasteiger partial charge in [-0.05, 0) is 37.5 Å². The van der Waals surface area contributed by atoms with E-state index in [1.165, 1.54) is 4.57 Å². The molecular formula is C18H18N4O5. The molecule has 0 aliphatic carbocycles. The van der Waals surface area contributed by atoms with Gasteiger partial charge in [0.05, 0.1) is 12.1 Å². The molecule has 0 saturated heterocycles. The van der Waals surface area contributed by atoms with Gasteiger partial charge in [0.15, 0.2) is 5.82 Å². The number of aliphatic carboxylic acids is 1. The van der Waals surface area contributed by atoms with Gasteiger partial charge in [0.1, 0.15) is 11.3 Å². The first-order valence-corrected chi connectivity index (χ1v) is 8.35. The van der Waals surface area contributed by atoms with E-state index in [1.807, 2.05) is 6.92 Å². The van der Waals surface area contributed by atoms with Gasteiger partial charge >= 0.3 is 11.9 Å². The number of carboxylic acids is 2. The summed E-state index contributed by atoms with van der Waals surface area (Å²) < 4.78 is 1.36. The number of nitrogens with one attached hydrogen (secondary N) is 1. The van der Waals surface area contributed by atoms with Gasteiger partial charge in [-0.2, -0.15) is 5.10 Å². The molecule has 2 heterocycles. The maximum atomic E-state index is 12.4. The minimum Gasteiger partial charge on any atom is -0.481 e. The lowest BCUT2D eigenvalue weighted by Crippen LogP contribution is -2.37. The minimum absolute atomic E-state index is 0.0567. The average Bonchev–Trinajstić information content (AvgIpc) is 2.61. The maximum absolute atomic E-state index is 12.4. The molecule has 0 radical (unpaired) electrons. The number of rotatable bonds is 5. The van der Waals surface area contributed by atoms with Crippen molar-refractivity contribution in [3.8, 4) is 0 Å². The lowest BCUT2D eigenvalue weighted by Gasteiger charge is -2.25. The van der Waals surface area contributed by atoms with Crippen molar-refractivity contribution < 1.29 is 19.8 Å². The average molecular weight is 370 g/mol. The van der Waals surface area contributed by atoms with E-state index < -0.39 is 17.5 Å². The highest BCUT2D eigenvalue weighted by atomic mass is 16.4. The number of nitrogens with zero attached hydrogens (tertiary/aromatic N) is 3. The van der Waals surface area contributed by atoms with Crippen molar-refractivity contribution in [1.29, 1.82) is 0 Å². The Hall–Kier alpha value is -3.49. The van der Waals surface area contributed by atoms with Crippen LogP contribution in [0, 0.1) is 0 Å². The van der Waals surface area contributed by atoms with Gasteiger partial charge in [-0.25, -0.2) is 9.78 Å². The van der Waals surface area contributed by atoms with Crippen molar-refractivity contribution in [3.63, 3.8) is 0 Å². The first-order chi connectivity index (χ1) is 12.9. The zero-order chi connectivity index (χ0) is 19.6. The molecule has 3 rings (SSSR count). The number of hydrazone groups is 1. The maximum Gasteiger partial charge on any atom is 0.342 e. The summed E-state index contributed by atoms with van der Waals surface area (Å²) in [5.41, 5.74) is 3.80. The van der Waals surface area contributed by atoms with Gasteiger partial charge < -0.3 is 10.2 Å². The van der Waals surface area contributed by atoms with E-state index in [-0.39, 0.29) is 18.0 Å². The van der Waals surface area contributed by atoms with Crippen molar-refractivity contribution in [2.24, 2.45) is 5.10 Å². The van der Waals surface area contributed by atoms with Crippen LogP contribution in [0.2, 0.25) is 0 Å². The van der Waals surface area contributed by atoms with Crippen molar-refractivity contribution in [2.45, 2.75) is 32.2 Å². The number of fused-ring (bicyclic) bond motifs is 1. The molecule has 0 bridgehead atoms. The molecule has 1 aliphatic heterocycles. The Morgan fingerprint density at radius 1 is 1.30 bits per heavy atom. The molecule has 2 aromatic rings. The molecule has 27 heavy (non-hydrogen) atoms. The fourth-order valence-corrected chi connectivity index (χ4v) is 2.93. The van der Waals surface area contributed by atoms with Crippen LogP contribution < -0.4 is 11.0 Å². The number of aromatic carboxylic acids is 1. The number of hydrogen-bond donors (Lipinski definition) is 3. The van der Waals surface area contributed by atoms with E-state index in [9.17, 15) is 14.4 Å². The monoisotopic (exact) mass is 370 g/mol. The van der Waals surface area contributed by atoms with Crippen molar-refractivity contribution >= 4 is 23.3 Å². The molecule has 0 saturated carbocycles. The first-order valence-electron chi connectivity index (χ1n) is 8.35. The van der Waals surface area contributed by atoms with E-state index in [1.54, 1.807) is 24.3 Å². The number of anilines is 1. The van der Waals surface area contributed by atoms with E-state index in [2.05, 4.69) is 15.5 Å². The predicted molar refractivity (Wildman–Crippen MR) is 97.3 cm³/mol. The molecule has 9 heteroatoms. The largest absolute Gasteiger partial charge is 0.481 e. The molecule has 1 aromatic carbocycles. The Labute approximate surface area is 154 Å². The van der Waals surface area contributed by atoms with Gasteiger partial charge in [-0.15, -0.1) is 0 Å². The third-order valence-corrected chi connectivity index (χ3v) is 4.35. The van der Waals surface area contributed by atoms with Crippen molar-refractivity contribution in [3.05, 3.63) is 57.8 Å². The highest BCUT2D eigenvalue weighted by molar-refractivity contribution is 5.99. The normalized spacial score (nSPS) is 17.4. The Kier molecular flexibility index (Phi) is 5.02. The predicted octanol–water partition coefficient (Wildman–Crippen LogP) is 1.74. The van der Waals surface area contributed by atoms with Crippen LogP contribution in [0.25, 0.3) is 0 Å². The van der Waals surface area contributed by atoms with Crippen LogP contribution in [0.1, 0.15) is 47.6 Å². The fourth-order valence-electron chi connectivity index (χ4n) is 2.93. The number of carbonyl (C=O) groups is 2. The van der Waals surface area contributed by atoms with Crippen LogP contribution in [-0.4, -0.2) is 37.4 Å². The summed E-state index contributed by atoms with van der Waals surface area (Å²) >= 11 is 0. The number of carboxylic acid groups (broad SMARTS) is 2. The van der Waals surface area contributed by atoms with Gasteiger partial charge in [0.25, 0.3) is 5.56 Å². The summed E-state index contributed by atoms with van der Waals surface area (Å²) in [6, 6.07) is 6.63. The Morgan fingerprint density at radius 2 is 2.00 bits per heavy atom. The summed E-state index contributed by atoms with van der Waals surface area (Å²) in [5.74, 6) is -1.86. The van der Waals surface area contributed by atoms with E-state index in [4.69, 9.17) is 10.2 Å². The van der Waals surface area contributed by atoms with Crippen LogP contribution in [0.5, 0.6) is 0 Å². The Bertz CT molecular complexity index is 978. The zero-order valence-corrected chi connectivity index (χ0v) is 14.5. The first kappa shape index (κ1) is 18.3. The molecule has 1 atom stereocenters. The minimum atomic E-state index is -1.31. The molecule has 9 nitrogen and oxygen atoms in total. The van der Waals surface area contributed by atoms with Crippen LogP contribution in [-0.2, 0) is 11.2 Å². The quantitative estimate of drug-likeness (QED) is 0.682. The lowest BCUT2D eigenvalue weighted by molar-refractivity contribution is -0.136. The molecule has 3 N–H and O–H groups in total. The molecule has 1 aromatic heterocycles. The lowest BCUT2D eigenvalue weighted by atomic mass is 10.0. The van der Waals surface area contributed by atoms with Gasteiger partial charge in [-0.3, -0.25) is 19.6 Å². The van der Waals surface area contributed by atoms with Gasteiger partial charge in [0.2, 0.25) is 0 Å². The summed E-state index contributed by atoms with van der Waals surface area (Å²) in [5, 5.41) is 22.2. The fraction of sp³-hybridized carbons (Fsp3) is 0.278. The standard InChI is InChI=1S/C18H18N4O5/c1-10-2-7-14(16-19-9-13(18(26)27)17(25)22(10)16)21-20-12-5-3-11(4-6-12)8-15(23)24/h3-6,9-10,20H,2,7-8H2,1H3,(H,23,24)(H,26,27)/b21-14+. The molecular weight excluding hydrogens is 352 g/mol. The summed E-state index contributed by atoms with van der Waals surface area (Å²) in [4.78, 5) is 38.4. The summed E-state index contributed by atoms with van der Waals surface area (Å²) in [6.07, 6.45) is 2.23. The number of aromatic nitrogens is 2. The summed E-state index contributed by atoms with van der Waals surface area (Å²) in [7, 11) is 0. The second-order valence-electron chi connectivity index (χ2n) is 6.30. The van der Waals surface area contributed by atoms with Crippen LogP contribution >= 0.6 is 0 Å². The van der Waals surface area contributed by atoms with E-state index in [0.29, 0.717) is 35.6 Å². The van der Waals surface area contributed by atoms with E-state index in [0.717, 1.165) is 6.20 Å². The van der Waals surface area contributed by atoms with Crippen LogP contribution in [0.3, 0.4) is 0 Å². The molecule has 1 aliphatic rings. The second kappa shape index (κ2) is 7.40. The Morgan fingerprint density at radius 3 is 2.63 bits per heavy atom. The number of hydrogen-bond acceptors (Lipinski definition) is 6. The highest BCUT2D eigenvalue weighted by Crippen LogP contribution is 2.22. The van der Waals surface area contributed by atoms with Crippen LogP contribution in [0.15, 0.2) is 40.4 Å². The smallest absolute Gasteiger partial charge is 0.342 e. The van der Waals surface area contributed by atoms with Crippen LogP contribution in [0.4, 0.5) is 5.69 Å². The van der Waals surface area contributed by atoms with E-state index >= 15 is 0 Å². The molecule has 140 valence electrons. The molecule has 0 amide bonds. The van der Waals surface area contributed by atoms with Gasteiger partial charge in [0, 0.05) is 12.2 Å².